The van der Waals surface area contributed by atoms with Gasteiger partial charge in [-0.2, -0.15) is 0 Å². The van der Waals surface area contributed by atoms with Gasteiger partial charge in [0.05, 0.1) is 0 Å². The van der Waals surface area contributed by atoms with Gasteiger partial charge in [-0.15, -0.1) is 0 Å². The second-order valence-electron chi connectivity index (χ2n) is 4.38. The van der Waals surface area contributed by atoms with Crippen molar-refractivity contribution in [3.8, 4) is 0 Å². The normalized spacial score (nSPS) is 17.1. The van der Waals surface area contributed by atoms with E-state index in [-0.39, 0.29) is 5.92 Å². The Kier molecular flexibility index (Phi) is 6.57. The van der Waals surface area contributed by atoms with Crippen LogP contribution in [-0.4, -0.2) is 21.8 Å². The van der Waals surface area contributed by atoms with E-state index in [1.54, 1.807) is 0 Å². The van der Waals surface area contributed by atoms with E-state index in [9.17, 15) is 9.90 Å². The molecule has 3 nitrogen and oxygen atoms in total. The predicted octanol–water partition coefficient (Wildman–Crippen LogP) is 2.82. The summed E-state index contributed by atoms with van der Waals surface area (Å²) >= 11 is 0. The van der Waals surface area contributed by atoms with Gasteiger partial charge in [0.2, 0.25) is 0 Å². The zero-order valence-electron chi connectivity index (χ0n) is 10.1. The van der Waals surface area contributed by atoms with Crippen LogP contribution in [0.5, 0.6) is 0 Å². The summed E-state index contributed by atoms with van der Waals surface area (Å²) in [5.74, 6) is -1.24. The van der Waals surface area contributed by atoms with Gasteiger partial charge < -0.3 is 10.2 Å². The molecule has 2 N–H and O–H groups in total. The Bertz CT molecular complexity index is 191. The van der Waals surface area contributed by atoms with Crippen LogP contribution in [-0.2, 0) is 4.79 Å². The van der Waals surface area contributed by atoms with Crippen LogP contribution in [0, 0.1) is 5.92 Å². The number of carbonyl (C=O) groups is 1. The quantitative estimate of drug-likeness (QED) is 0.613. The van der Waals surface area contributed by atoms with E-state index in [2.05, 4.69) is 6.92 Å². The highest BCUT2D eigenvalue weighted by Gasteiger charge is 2.40. The molecule has 0 spiro atoms. The third-order valence-corrected chi connectivity index (χ3v) is 3.06. The summed E-state index contributed by atoms with van der Waals surface area (Å²) in [4.78, 5) is 11.0. The van der Waals surface area contributed by atoms with Crippen LogP contribution in [0.4, 0.5) is 0 Å². The molecule has 90 valence electrons. The zero-order chi connectivity index (χ0) is 11.9. The minimum absolute atomic E-state index is 0.165. The molecule has 15 heavy (non-hydrogen) atoms. The number of carboxylic acids is 1. The van der Waals surface area contributed by atoms with E-state index in [4.69, 9.17) is 5.11 Å². The van der Waals surface area contributed by atoms with Crippen molar-refractivity contribution < 1.29 is 15.0 Å². The SMILES string of the molecule is CCCCCC(C)C(O)(CCC)C(=O)O. The summed E-state index contributed by atoms with van der Waals surface area (Å²) < 4.78 is 0. The van der Waals surface area contributed by atoms with Gasteiger partial charge in [-0.1, -0.05) is 46.5 Å². The third kappa shape index (κ3) is 4.20. The Balaban J connectivity index is 4.28. The van der Waals surface area contributed by atoms with Crippen LogP contribution in [0.25, 0.3) is 0 Å². The molecular weight excluding hydrogens is 192 g/mol. The first kappa shape index (κ1) is 14.4. The summed E-state index contributed by atoms with van der Waals surface area (Å²) in [5, 5.41) is 19.1. The molecule has 0 aromatic heterocycles. The summed E-state index contributed by atoms with van der Waals surface area (Å²) in [7, 11) is 0. The number of hydrogen-bond acceptors (Lipinski definition) is 2. The molecule has 0 bridgehead atoms. The molecule has 0 aliphatic heterocycles. The van der Waals surface area contributed by atoms with Crippen LogP contribution in [0.2, 0.25) is 0 Å². The second-order valence-corrected chi connectivity index (χ2v) is 4.38. The molecule has 0 aliphatic rings. The molecule has 0 radical (unpaired) electrons. The molecule has 2 unspecified atom stereocenters. The number of aliphatic carboxylic acids is 1. The lowest BCUT2D eigenvalue weighted by Crippen LogP contribution is -2.44. The Morgan fingerprint density at radius 2 is 1.87 bits per heavy atom. The fourth-order valence-corrected chi connectivity index (χ4v) is 1.88. The van der Waals surface area contributed by atoms with Gasteiger partial charge in [-0.25, -0.2) is 4.79 Å². The van der Waals surface area contributed by atoms with Gasteiger partial charge in [-0.3, -0.25) is 0 Å². The lowest BCUT2D eigenvalue weighted by molar-refractivity contribution is -0.165. The van der Waals surface area contributed by atoms with Crippen LogP contribution >= 0.6 is 0 Å². The van der Waals surface area contributed by atoms with E-state index in [1.807, 2.05) is 13.8 Å². The molecule has 0 saturated heterocycles. The molecular formula is C12H24O3. The molecule has 0 aromatic rings. The van der Waals surface area contributed by atoms with E-state index in [1.165, 1.54) is 0 Å². The average Bonchev–Trinajstić information content (AvgIpc) is 2.18. The van der Waals surface area contributed by atoms with Gasteiger partial charge in [0.25, 0.3) is 0 Å². The monoisotopic (exact) mass is 216 g/mol. The molecule has 3 heteroatoms. The number of carboxylic acid groups (broad SMARTS) is 1. The van der Waals surface area contributed by atoms with Crippen molar-refractivity contribution in [1.29, 1.82) is 0 Å². The standard InChI is InChI=1S/C12H24O3/c1-4-6-7-8-10(3)12(15,9-5-2)11(13)14/h10,15H,4-9H2,1-3H3,(H,13,14). The minimum Gasteiger partial charge on any atom is -0.479 e. The fraction of sp³-hybridized carbons (Fsp3) is 0.917. The van der Waals surface area contributed by atoms with Gasteiger partial charge in [0, 0.05) is 0 Å². The maximum atomic E-state index is 11.0. The van der Waals surface area contributed by atoms with Crippen molar-refractivity contribution in [2.24, 2.45) is 5.92 Å². The van der Waals surface area contributed by atoms with E-state index in [0.717, 1.165) is 25.7 Å². The summed E-state index contributed by atoms with van der Waals surface area (Å²) in [6, 6.07) is 0. The predicted molar refractivity (Wildman–Crippen MR) is 60.8 cm³/mol. The van der Waals surface area contributed by atoms with E-state index < -0.39 is 11.6 Å². The molecule has 2 atom stereocenters. The van der Waals surface area contributed by atoms with Crippen molar-refractivity contribution in [1.82, 2.24) is 0 Å². The lowest BCUT2D eigenvalue weighted by atomic mass is 9.82. The first-order valence-electron chi connectivity index (χ1n) is 5.94. The molecule has 0 heterocycles. The van der Waals surface area contributed by atoms with E-state index >= 15 is 0 Å². The number of unbranched alkanes of at least 4 members (excludes halogenated alkanes) is 2. The minimum atomic E-state index is -1.53. The molecule has 0 rings (SSSR count). The summed E-state index contributed by atoms with van der Waals surface area (Å²) in [6.07, 6.45) is 5.04. The van der Waals surface area contributed by atoms with Crippen LogP contribution in [0.1, 0.15) is 59.3 Å². The molecule has 0 fully saturated rings. The zero-order valence-corrected chi connectivity index (χ0v) is 10.1. The topological polar surface area (TPSA) is 57.5 Å². The smallest absolute Gasteiger partial charge is 0.335 e. The number of hydrogen-bond donors (Lipinski definition) is 2. The third-order valence-electron chi connectivity index (χ3n) is 3.06. The maximum absolute atomic E-state index is 11.0. The van der Waals surface area contributed by atoms with Crippen molar-refractivity contribution in [2.45, 2.75) is 64.9 Å². The van der Waals surface area contributed by atoms with Gasteiger partial charge in [0.15, 0.2) is 5.60 Å². The van der Waals surface area contributed by atoms with Crippen molar-refractivity contribution in [2.75, 3.05) is 0 Å². The Labute approximate surface area is 92.5 Å². The summed E-state index contributed by atoms with van der Waals surface area (Å²) in [6.45, 7) is 5.84. The first-order chi connectivity index (χ1) is 6.99. The lowest BCUT2D eigenvalue weighted by Gasteiger charge is -2.29. The maximum Gasteiger partial charge on any atom is 0.335 e. The Morgan fingerprint density at radius 1 is 1.27 bits per heavy atom. The van der Waals surface area contributed by atoms with Crippen molar-refractivity contribution in [3.05, 3.63) is 0 Å². The van der Waals surface area contributed by atoms with Gasteiger partial charge in [0.1, 0.15) is 0 Å². The molecule has 0 aromatic carbocycles. The van der Waals surface area contributed by atoms with Crippen molar-refractivity contribution in [3.63, 3.8) is 0 Å². The Hall–Kier alpha value is -0.570. The second kappa shape index (κ2) is 6.83. The highest BCUT2D eigenvalue weighted by Crippen LogP contribution is 2.27. The van der Waals surface area contributed by atoms with Gasteiger partial charge in [-0.05, 0) is 18.8 Å². The van der Waals surface area contributed by atoms with E-state index in [0.29, 0.717) is 12.8 Å². The average molecular weight is 216 g/mol. The largest absolute Gasteiger partial charge is 0.479 e. The summed E-state index contributed by atoms with van der Waals surface area (Å²) in [5.41, 5.74) is -1.53. The molecule has 0 aliphatic carbocycles. The van der Waals surface area contributed by atoms with Crippen LogP contribution in [0.15, 0.2) is 0 Å². The van der Waals surface area contributed by atoms with Crippen LogP contribution in [0.3, 0.4) is 0 Å². The molecule has 0 saturated carbocycles. The highest BCUT2D eigenvalue weighted by molar-refractivity contribution is 5.77. The van der Waals surface area contributed by atoms with Crippen LogP contribution < -0.4 is 0 Å². The molecule has 0 amide bonds. The number of rotatable bonds is 8. The van der Waals surface area contributed by atoms with Gasteiger partial charge >= 0.3 is 5.97 Å². The number of aliphatic hydroxyl groups is 1. The van der Waals surface area contributed by atoms with Crippen molar-refractivity contribution >= 4 is 5.97 Å². The fourth-order valence-electron chi connectivity index (χ4n) is 1.88. The highest BCUT2D eigenvalue weighted by atomic mass is 16.4. The Morgan fingerprint density at radius 3 is 2.27 bits per heavy atom. The first-order valence-corrected chi connectivity index (χ1v) is 5.94.